The van der Waals surface area contributed by atoms with Gasteiger partial charge in [0.1, 0.15) is 0 Å². The SMILES string of the molecule is Cn1ncc(N)c1NC(=O)c1cnn(-c2ccccc2)c1. The molecule has 0 aliphatic carbocycles. The van der Waals surface area contributed by atoms with Gasteiger partial charge in [-0.1, -0.05) is 18.2 Å². The maximum absolute atomic E-state index is 12.2. The number of nitrogens with two attached hydrogens (primary N) is 1. The molecule has 0 spiro atoms. The van der Waals surface area contributed by atoms with Gasteiger partial charge in [0.15, 0.2) is 5.82 Å². The van der Waals surface area contributed by atoms with Gasteiger partial charge in [-0.25, -0.2) is 4.68 Å². The first-order chi connectivity index (χ1) is 10.1. The lowest BCUT2D eigenvalue weighted by Crippen LogP contribution is -2.15. The topological polar surface area (TPSA) is 90.8 Å². The molecule has 7 nitrogen and oxygen atoms in total. The van der Waals surface area contributed by atoms with Crippen LogP contribution in [0.5, 0.6) is 0 Å². The first-order valence-electron chi connectivity index (χ1n) is 6.34. The molecule has 0 atom stereocenters. The number of hydrogen-bond acceptors (Lipinski definition) is 4. The average Bonchev–Trinajstić information content (AvgIpc) is 3.11. The van der Waals surface area contributed by atoms with Crippen molar-refractivity contribution in [3.05, 3.63) is 54.5 Å². The fourth-order valence-electron chi connectivity index (χ4n) is 1.95. The highest BCUT2D eigenvalue weighted by Gasteiger charge is 2.13. The molecule has 2 aromatic heterocycles. The Hall–Kier alpha value is -3.09. The molecule has 0 aliphatic rings. The van der Waals surface area contributed by atoms with Gasteiger partial charge in [-0.05, 0) is 12.1 Å². The standard InChI is InChI=1S/C14H14N6O/c1-19-13(12(15)8-16-19)18-14(21)10-7-17-20(9-10)11-5-3-2-4-6-11/h2-9H,15H2,1H3,(H,18,21). The molecule has 0 radical (unpaired) electrons. The zero-order chi connectivity index (χ0) is 14.8. The molecule has 0 unspecified atom stereocenters. The number of nitrogens with zero attached hydrogens (tertiary/aromatic N) is 4. The van der Waals surface area contributed by atoms with E-state index in [1.54, 1.807) is 17.9 Å². The van der Waals surface area contributed by atoms with Gasteiger partial charge in [-0.15, -0.1) is 0 Å². The summed E-state index contributed by atoms with van der Waals surface area (Å²) in [6.45, 7) is 0. The predicted molar refractivity (Wildman–Crippen MR) is 79.1 cm³/mol. The summed E-state index contributed by atoms with van der Waals surface area (Å²) in [7, 11) is 1.71. The molecule has 0 aliphatic heterocycles. The fourth-order valence-corrected chi connectivity index (χ4v) is 1.95. The number of nitrogen functional groups attached to an aromatic ring is 1. The van der Waals surface area contributed by atoms with Crippen LogP contribution in [0.15, 0.2) is 48.9 Å². The van der Waals surface area contributed by atoms with Crippen LogP contribution >= 0.6 is 0 Å². The lowest BCUT2D eigenvalue weighted by atomic mass is 10.3. The molecule has 1 aromatic carbocycles. The Morgan fingerprint density at radius 1 is 1.19 bits per heavy atom. The van der Waals surface area contributed by atoms with E-state index in [9.17, 15) is 4.79 Å². The number of aromatic nitrogens is 4. The molecule has 106 valence electrons. The van der Waals surface area contributed by atoms with Crippen LogP contribution in [0.25, 0.3) is 5.69 Å². The van der Waals surface area contributed by atoms with E-state index in [1.807, 2.05) is 30.3 Å². The van der Waals surface area contributed by atoms with Gasteiger partial charge >= 0.3 is 0 Å². The maximum atomic E-state index is 12.2. The van der Waals surface area contributed by atoms with Gasteiger partial charge in [-0.2, -0.15) is 10.2 Å². The summed E-state index contributed by atoms with van der Waals surface area (Å²) in [6, 6.07) is 9.56. The van der Waals surface area contributed by atoms with E-state index in [0.29, 0.717) is 17.1 Å². The van der Waals surface area contributed by atoms with Crippen molar-refractivity contribution in [3.8, 4) is 5.69 Å². The molecule has 0 saturated carbocycles. The van der Waals surface area contributed by atoms with Gasteiger partial charge in [0.25, 0.3) is 5.91 Å². The third kappa shape index (κ3) is 2.48. The number of benzene rings is 1. The minimum Gasteiger partial charge on any atom is -0.394 e. The summed E-state index contributed by atoms with van der Waals surface area (Å²) in [5, 5.41) is 10.9. The number of rotatable bonds is 3. The first kappa shape index (κ1) is 12.9. The lowest BCUT2D eigenvalue weighted by molar-refractivity contribution is 0.102. The van der Waals surface area contributed by atoms with Crippen molar-refractivity contribution in [2.45, 2.75) is 0 Å². The molecule has 21 heavy (non-hydrogen) atoms. The molecule has 0 saturated heterocycles. The van der Waals surface area contributed by atoms with E-state index >= 15 is 0 Å². The molecule has 3 rings (SSSR count). The largest absolute Gasteiger partial charge is 0.394 e. The summed E-state index contributed by atoms with van der Waals surface area (Å²) >= 11 is 0. The van der Waals surface area contributed by atoms with Crippen LogP contribution in [0, 0.1) is 0 Å². The van der Waals surface area contributed by atoms with Crippen LogP contribution in [-0.4, -0.2) is 25.5 Å². The second-order valence-electron chi connectivity index (χ2n) is 4.54. The van der Waals surface area contributed by atoms with Crippen molar-refractivity contribution in [1.82, 2.24) is 19.6 Å². The zero-order valence-corrected chi connectivity index (χ0v) is 11.4. The number of anilines is 2. The highest BCUT2D eigenvalue weighted by Crippen LogP contribution is 2.17. The van der Waals surface area contributed by atoms with Crippen LogP contribution in [0.4, 0.5) is 11.5 Å². The predicted octanol–water partition coefficient (Wildman–Crippen LogP) is 1.44. The van der Waals surface area contributed by atoms with Crippen molar-refractivity contribution in [1.29, 1.82) is 0 Å². The average molecular weight is 282 g/mol. The molecule has 2 heterocycles. The second-order valence-corrected chi connectivity index (χ2v) is 4.54. The number of hydrogen-bond donors (Lipinski definition) is 2. The van der Waals surface area contributed by atoms with Gasteiger partial charge in [0.05, 0.1) is 29.3 Å². The number of carbonyl (C=O) groups is 1. The van der Waals surface area contributed by atoms with E-state index < -0.39 is 0 Å². The van der Waals surface area contributed by atoms with Crippen molar-refractivity contribution >= 4 is 17.4 Å². The Labute approximate surface area is 121 Å². The molecule has 1 amide bonds. The van der Waals surface area contributed by atoms with Crippen LogP contribution in [0.3, 0.4) is 0 Å². The fraction of sp³-hybridized carbons (Fsp3) is 0.0714. The van der Waals surface area contributed by atoms with Crippen LogP contribution in [0.1, 0.15) is 10.4 Å². The molecule has 0 bridgehead atoms. The number of carbonyl (C=O) groups excluding carboxylic acids is 1. The monoisotopic (exact) mass is 282 g/mol. The number of amides is 1. The van der Waals surface area contributed by atoms with Crippen molar-refractivity contribution in [2.75, 3.05) is 11.1 Å². The Balaban J connectivity index is 1.82. The van der Waals surface area contributed by atoms with Crippen molar-refractivity contribution < 1.29 is 4.79 Å². The zero-order valence-electron chi connectivity index (χ0n) is 11.4. The molecule has 0 fully saturated rings. The lowest BCUT2D eigenvalue weighted by Gasteiger charge is -2.04. The molecule has 3 N–H and O–H groups in total. The quantitative estimate of drug-likeness (QED) is 0.760. The third-order valence-corrected chi connectivity index (χ3v) is 3.06. The summed E-state index contributed by atoms with van der Waals surface area (Å²) in [4.78, 5) is 12.2. The number of aryl methyl sites for hydroxylation is 1. The third-order valence-electron chi connectivity index (χ3n) is 3.06. The highest BCUT2D eigenvalue weighted by molar-refractivity contribution is 6.04. The smallest absolute Gasteiger partial charge is 0.260 e. The Morgan fingerprint density at radius 2 is 1.95 bits per heavy atom. The minimum absolute atomic E-state index is 0.285. The summed E-state index contributed by atoms with van der Waals surface area (Å²) in [5.74, 6) is 0.181. The van der Waals surface area contributed by atoms with Crippen molar-refractivity contribution in [2.24, 2.45) is 7.05 Å². The van der Waals surface area contributed by atoms with Crippen LogP contribution in [-0.2, 0) is 7.05 Å². The number of nitrogens with one attached hydrogen (secondary N) is 1. The normalized spacial score (nSPS) is 10.5. The Morgan fingerprint density at radius 3 is 2.62 bits per heavy atom. The van der Waals surface area contributed by atoms with E-state index in [4.69, 9.17) is 5.73 Å². The van der Waals surface area contributed by atoms with E-state index in [2.05, 4.69) is 15.5 Å². The first-order valence-corrected chi connectivity index (χ1v) is 6.34. The van der Waals surface area contributed by atoms with E-state index in [1.165, 1.54) is 17.1 Å². The van der Waals surface area contributed by atoms with Crippen LogP contribution < -0.4 is 11.1 Å². The Bertz CT molecular complexity index is 754. The molecular weight excluding hydrogens is 268 g/mol. The number of para-hydroxylation sites is 1. The van der Waals surface area contributed by atoms with E-state index in [0.717, 1.165) is 5.69 Å². The molecule has 3 aromatic rings. The van der Waals surface area contributed by atoms with E-state index in [-0.39, 0.29) is 5.91 Å². The van der Waals surface area contributed by atoms with Gasteiger partial charge in [-0.3, -0.25) is 9.48 Å². The summed E-state index contributed by atoms with van der Waals surface area (Å²) in [5.41, 5.74) is 7.49. The minimum atomic E-state index is -0.285. The highest BCUT2D eigenvalue weighted by atomic mass is 16.1. The summed E-state index contributed by atoms with van der Waals surface area (Å²) < 4.78 is 3.15. The van der Waals surface area contributed by atoms with Crippen LogP contribution in [0.2, 0.25) is 0 Å². The maximum Gasteiger partial charge on any atom is 0.260 e. The van der Waals surface area contributed by atoms with Gasteiger partial charge in [0.2, 0.25) is 0 Å². The van der Waals surface area contributed by atoms with Crippen molar-refractivity contribution in [3.63, 3.8) is 0 Å². The van der Waals surface area contributed by atoms with Gasteiger partial charge in [0, 0.05) is 13.2 Å². The molecular formula is C14H14N6O. The van der Waals surface area contributed by atoms with Gasteiger partial charge < -0.3 is 11.1 Å². The summed E-state index contributed by atoms with van der Waals surface area (Å²) in [6.07, 6.45) is 4.66. The Kier molecular flexibility index (Phi) is 3.15. The second kappa shape index (κ2) is 5.12. The molecule has 7 heteroatoms.